The molecule has 5 heteroatoms. The van der Waals surface area contributed by atoms with Crippen molar-refractivity contribution < 1.29 is 4.74 Å². The molecule has 18 heavy (non-hydrogen) atoms. The summed E-state index contributed by atoms with van der Waals surface area (Å²) in [6.45, 7) is 9.38. The van der Waals surface area contributed by atoms with Crippen molar-refractivity contribution in [3.05, 3.63) is 17.8 Å². The van der Waals surface area contributed by atoms with Crippen LogP contribution in [0.15, 0.2) is 12.3 Å². The molecule has 0 aliphatic carbocycles. The molecule has 98 valence electrons. The second-order valence-electron chi connectivity index (χ2n) is 5.05. The molecule has 0 amide bonds. The minimum atomic E-state index is -0.290. The van der Waals surface area contributed by atoms with Crippen molar-refractivity contribution in [3.63, 3.8) is 0 Å². The van der Waals surface area contributed by atoms with E-state index in [1.807, 2.05) is 38.3 Å². The van der Waals surface area contributed by atoms with Crippen LogP contribution in [0, 0.1) is 6.92 Å². The second kappa shape index (κ2) is 4.57. The molecule has 5 nitrogen and oxygen atoms in total. The highest BCUT2D eigenvalue weighted by atomic mass is 16.5. The van der Waals surface area contributed by atoms with E-state index in [-0.39, 0.29) is 5.60 Å². The molecule has 0 radical (unpaired) electrons. The maximum atomic E-state index is 5.98. The summed E-state index contributed by atoms with van der Waals surface area (Å²) in [5.74, 6) is 0.486. The highest BCUT2D eigenvalue weighted by Crippen LogP contribution is 2.22. The predicted molar refractivity (Wildman–Crippen MR) is 72.4 cm³/mol. The summed E-state index contributed by atoms with van der Waals surface area (Å²) in [7, 11) is 0. The van der Waals surface area contributed by atoms with Crippen molar-refractivity contribution in [3.8, 4) is 0 Å². The van der Waals surface area contributed by atoms with Gasteiger partial charge in [0.05, 0.1) is 12.1 Å². The lowest BCUT2D eigenvalue weighted by Gasteiger charge is -2.25. The molecule has 0 unspecified atom stereocenters. The predicted octanol–water partition coefficient (Wildman–Crippen LogP) is 2.14. The van der Waals surface area contributed by atoms with Crippen LogP contribution in [0.25, 0.3) is 11.2 Å². The number of imidazole rings is 1. The van der Waals surface area contributed by atoms with Gasteiger partial charge >= 0.3 is 0 Å². The number of aromatic nitrogens is 3. The molecule has 2 rings (SSSR count). The van der Waals surface area contributed by atoms with Gasteiger partial charge in [0.25, 0.3) is 0 Å². The number of aryl methyl sites for hydroxylation is 1. The molecule has 0 aliphatic heterocycles. The third-order valence-electron chi connectivity index (χ3n) is 2.94. The van der Waals surface area contributed by atoms with Crippen LogP contribution in [0.3, 0.4) is 0 Å². The number of ether oxygens (including phenoxy) is 1. The number of pyridine rings is 1. The summed E-state index contributed by atoms with van der Waals surface area (Å²) in [6, 6.07) is 1.94. The number of fused-ring (bicyclic) bond motifs is 1. The number of nitrogens with zero attached hydrogens (tertiary/aromatic N) is 3. The molecular formula is C13H20N4O. The van der Waals surface area contributed by atoms with E-state index in [9.17, 15) is 0 Å². The smallest absolute Gasteiger partial charge is 0.202 e. The minimum Gasteiger partial charge on any atom is -0.374 e. The summed E-state index contributed by atoms with van der Waals surface area (Å²) in [5, 5.41) is 0. The van der Waals surface area contributed by atoms with Crippen molar-refractivity contribution in [1.82, 2.24) is 14.5 Å². The van der Waals surface area contributed by atoms with Crippen LogP contribution in [-0.2, 0) is 11.3 Å². The summed E-state index contributed by atoms with van der Waals surface area (Å²) in [5.41, 5.74) is 8.46. The topological polar surface area (TPSA) is 66.0 Å². The number of nitrogen functional groups attached to an aromatic ring is 1. The van der Waals surface area contributed by atoms with Crippen LogP contribution in [-0.4, -0.2) is 26.7 Å². The number of hydrogen-bond donors (Lipinski definition) is 1. The zero-order valence-electron chi connectivity index (χ0n) is 11.4. The van der Waals surface area contributed by atoms with Crippen molar-refractivity contribution in [2.75, 3.05) is 12.3 Å². The molecule has 0 saturated heterocycles. The van der Waals surface area contributed by atoms with E-state index >= 15 is 0 Å². The molecule has 2 heterocycles. The first-order valence-electron chi connectivity index (χ1n) is 6.16. The fourth-order valence-electron chi connectivity index (χ4n) is 2.13. The van der Waals surface area contributed by atoms with Gasteiger partial charge in [-0.15, -0.1) is 0 Å². The Hall–Kier alpha value is -1.62. The Balaban J connectivity index is 2.45. The number of anilines is 1. The van der Waals surface area contributed by atoms with E-state index in [4.69, 9.17) is 10.5 Å². The molecule has 0 bridgehead atoms. The van der Waals surface area contributed by atoms with Crippen molar-refractivity contribution >= 4 is 17.1 Å². The van der Waals surface area contributed by atoms with Crippen molar-refractivity contribution in [1.29, 1.82) is 0 Å². The molecule has 2 aromatic heterocycles. The van der Waals surface area contributed by atoms with Gasteiger partial charge in [-0.05, 0) is 39.3 Å². The van der Waals surface area contributed by atoms with Crippen LogP contribution in [0.1, 0.15) is 26.3 Å². The van der Waals surface area contributed by atoms with E-state index in [2.05, 4.69) is 9.97 Å². The lowest BCUT2D eigenvalue weighted by atomic mass is 10.1. The molecule has 2 N–H and O–H groups in total. The number of rotatable bonds is 4. The fraction of sp³-hybridized carbons (Fsp3) is 0.538. The Morgan fingerprint density at radius 3 is 2.83 bits per heavy atom. The molecule has 0 saturated carbocycles. The van der Waals surface area contributed by atoms with Crippen LogP contribution in [0.2, 0.25) is 0 Å². The Morgan fingerprint density at radius 2 is 2.17 bits per heavy atom. The highest BCUT2D eigenvalue weighted by Gasteiger charge is 2.22. The van der Waals surface area contributed by atoms with Gasteiger partial charge in [0.2, 0.25) is 5.95 Å². The molecule has 0 aliphatic rings. The Kier molecular flexibility index (Phi) is 3.26. The summed E-state index contributed by atoms with van der Waals surface area (Å²) in [4.78, 5) is 8.75. The van der Waals surface area contributed by atoms with Crippen LogP contribution >= 0.6 is 0 Å². The van der Waals surface area contributed by atoms with Crippen LogP contribution in [0.5, 0.6) is 0 Å². The zero-order chi connectivity index (χ0) is 13.3. The van der Waals surface area contributed by atoms with Gasteiger partial charge in [0.1, 0.15) is 5.52 Å². The van der Waals surface area contributed by atoms with Crippen molar-refractivity contribution in [2.24, 2.45) is 0 Å². The Bertz CT molecular complexity index is 559. The SMILES string of the molecule is CCOC(C)(C)Cn1c(N)nc2c(C)ccnc21. The monoisotopic (exact) mass is 248 g/mol. The van der Waals surface area contributed by atoms with E-state index in [1.54, 1.807) is 6.20 Å². The van der Waals surface area contributed by atoms with Crippen LogP contribution < -0.4 is 5.73 Å². The first kappa shape index (κ1) is 12.8. The van der Waals surface area contributed by atoms with Gasteiger partial charge in [-0.3, -0.25) is 4.57 Å². The van der Waals surface area contributed by atoms with E-state index < -0.39 is 0 Å². The van der Waals surface area contributed by atoms with E-state index in [0.29, 0.717) is 19.1 Å². The van der Waals surface area contributed by atoms with Gasteiger partial charge in [-0.1, -0.05) is 0 Å². The maximum absolute atomic E-state index is 5.98. The van der Waals surface area contributed by atoms with Gasteiger partial charge in [-0.2, -0.15) is 0 Å². The summed E-state index contributed by atoms with van der Waals surface area (Å²) >= 11 is 0. The largest absolute Gasteiger partial charge is 0.374 e. The first-order chi connectivity index (χ1) is 8.44. The van der Waals surface area contributed by atoms with Gasteiger partial charge in [-0.25, -0.2) is 9.97 Å². The Morgan fingerprint density at radius 1 is 1.44 bits per heavy atom. The lowest BCUT2D eigenvalue weighted by molar-refractivity contribution is -0.0213. The maximum Gasteiger partial charge on any atom is 0.202 e. The zero-order valence-corrected chi connectivity index (χ0v) is 11.4. The molecule has 0 spiro atoms. The lowest BCUT2D eigenvalue weighted by Crippen LogP contribution is -2.31. The second-order valence-corrected chi connectivity index (χ2v) is 5.05. The molecular weight excluding hydrogens is 228 g/mol. The van der Waals surface area contributed by atoms with Gasteiger partial charge in [0.15, 0.2) is 5.65 Å². The quantitative estimate of drug-likeness (QED) is 0.900. The van der Waals surface area contributed by atoms with Gasteiger partial charge in [0, 0.05) is 12.8 Å². The fourth-order valence-corrected chi connectivity index (χ4v) is 2.13. The molecule has 0 fully saturated rings. The number of hydrogen-bond acceptors (Lipinski definition) is 4. The third kappa shape index (κ3) is 2.31. The van der Waals surface area contributed by atoms with E-state index in [0.717, 1.165) is 16.7 Å². The molecule has 2 aromatic rings. The highest BCUT2D eigenvalue weighted by molar-refractivity contribution is 5.77. The third-order valence-corrected chi connectivity index (χ3v) is 2.94. The van der Waals surface area contributed by atoms with E-state index in [1.165, 1.54) is 0 Å². The molecule has 0 atom stereocenters. The first-order valence-corrected chi connectivity index (χ1v) is 6.16. The van der Waals surface area contributed by atoms with Crippen molar-refractivity contribution in [2.45, 2.75) is 39.8 Å². The normalized spacial score (nSPS) is 12.2. The molecule has 0 aromatic carbocycles. The average Bonchev–Trinajstić information content (AvgIpc) is 2.57. The van der Waals surface area contributed by atoms with Crippen LogP contribution in [0.4, 0.5) is 5.95 Å². The average molecular weight is 248 g/mol. The summed E-state index contributed by atoms with van der Waals surface area (Å²) < 4.78 is 7.62. The number of nitrogens with two attached hydrogens (primary N) is 1. The standard InChI is InChI=1S/C13H20N4O/c1-5-18-13(3,4)8-17-11-10(16-12(17)14)9(2)6-7-15-11/h6-7H,5,8H2,1-4H3,(H2,14,16). The minimum absolute atomic E-state index is 0.290. The van der Waals surface area contributed by atoms with Gasteiger partial charge < -0.3 is 10.5 Å². The summed E-state index contributed by atoms with van der Waals surface area (Å²) in [6.07, 6.45) is 1.78. The Labute approximate surface area is 107 Å².